The molecule has 0 heterocycles. The summed E-state index contributed by atoms with van der Waals surface area (Å²) in [5.41, 5.74) is 1.68. The molecule has 0 aliphatic carbocycles. The summed E-state index contributed by atoms with van der Waals surface area (Å²) in [6.45, 7) is 9.10. The number of carbonyl (C=O) groups is 2. The fourth-order valence-corrected chi connectivity index (χ4v) is 5.76. The third-order valence-corrected chi connectivity index (χ3v) is 8.24. The van der Waals surface area contributed by atoms with Crippen LogP contribution in [0, 0.1) is 6.92 Å². The van der Waals surface area contributed by atoms with Gasteiger partial charge in [-0.1, -0.05) is 49.4 Å². The Bertz CT molecular complexity index is 1400. The first kappa shape index (κ1) is 30.7. The lowest BCUT2D eigenvalue weighted by molar-refractivity contribution is -0.141. The Morgan fingerprint density at radius 2 is 1.52 bits per heavy atom. The van der Waals surface area contributed by atoms with Crippen LogP contribution in [-0.2, 0) is 26.2 Å². The number of nitrogens with zero attached hydrogens (tertiary/aromatic N) is 2. The summed E-state index contributed by atoms with van der Waals surface area (Å²) in [5, 5.41) is 2.98. The predicted octanol–water partition coefficient (Wildman–Crippen LogP) is 4.92. The smallest absolute Gasteiger partial charge is 0.264 e. The van der Waals surface area contributed by atoms with Gasteiger partial charge in [-0.25, -0.2) is 8.42 Å². The third-order valence-electron chi connectivity index (χ3n) is 6.46. The number of hydrogen-bond donors (Lipinski definition) is 1. The molecule has 2 amide bonds. The van der Waals surface area contributed by atoms with Gasteiger partial charge in [-0.3, -0.25) is 13.9 Å². The lowest BCUT2D eigenvalue weighted by Crippen LogP contribution is -2.55. The van der Waals surface area contributed by atoms with E-state index in [1.807, 2.05) is 58.9 Å². The molecule has 0 unspecified atom stereocenters. The van der Waals surface area contributed by atoms with E-state index in [4.69, 9.17) is 4.74 Å². The number of anilines is 1. The van der Waals surface area contributed by atoms with Crippen LogP contribution in [-0.4, -0.2) is 50.4 Å². The van der Waals surface area contributed by atoms with Gasteiger partial charge in [0.25, 0.3) is 10.0 Å². The maximum absolute atomic E-state index is 14.1. The van der Waals surface area contributed by atoms with Crippen LogP contribution in [0.15, 0.2) is 83.8 Å². The van der Waals surface area contributed by atoms with Crippen LogP contribution in [0.25, 0.3) is 0 Å². The van der Waals surface area contributed by atoms with Crippen molar-refractivity contribution in [3.8, 4) is 5.75 Å². The second-order valence-electron chi connectivity index (χ2n) is 10.6. The average Bonchev–Trinajstić information content (AvgIpc) is 2.92. The number of benzene rings is 3. The lowest BCUT2D eigenvalue weighted by Gasteiger charge is -2.35. The molecule has 214 valence electrons. The minimum atomic E-state index is -4.14. The van der Waals surface area contributed by atoms with Gasteiger partial charge in [-0.05, 0) is 81.6 Å². The molecule has 8 nitrogen and oxygen atoms in total. The molecular weight excluding hydrogens is 526 g/mol. The zero-order chi connectivity index (χ0) is 29.5. The average molecular weight is 566 g/mol. The van der Waals surface area contributed by atoms with Gasteiger partial charge < -0.3 is 15.0 Å². The Kier molecular flexibility index (Phi) is 9.98. The van der Waals surface area contributed by atoms with Gasteiger partial charge in [0.05, 0.1) is 17.7 Å². The normalized spacial score (nSPS) is 12.3. The highest BCUT2D eigenvalue weighted by atomic mass is 32.2. The Morgan fingerprint density at radius 3 is 2.08 bits per heavy atom. The molecule has 0 saturated carbocycles. The molecular formula is C31H39N3O5S. The van der Waals surface area contributed by atoms with Crippen molar-refractivity contribution in [2.24, 2.45) is 0 Å². The first-order chi connectivity index (χ1) is 18.9. The van der Waals surface area contributed by atoms with E-state index in [0.717, 1.165) is 15.4 Å². The molecule has 1 atom stereocenters. The highest BCUT2D eigenvalue weighted by molar-refractivity contribution is 7.92. The molecule has 0 aromatic heterocycles. The number of para-hydroxylation sites is 1. The van der Waals surface area contributed by atoms with Crippen LogP contribution < -0.4 is 14.4 Å². The van der Waals surface area contributed by atoms with Gasteiger partial charge in [0, 0.05) is 12.1 Å². The van der Waals surface area contributed by atoms with Crippen molar-refractivity contribution in [3.05, 3.63) is 90.0 Å². The zero-order valence-electron chi connectivity index (χ0n) is 24.0. The molecule has 9 heteroatoms. The number of ether oxygens (including phenoxy) is 1. The van der Waals surface area contributed by atoms with Gasteiger partial charge in [-0.2, -0.15) is 0 Å². The van der Waals surface area contributed by atoms with Gasteiger partial charge in [0.2, 0.25) is 11.8 Å². The highest BCUT2D eigenvalue weighted by Gasteiger charge is 2.34. The molecule has 40 heavy (non-hydrogen) atoms. The number of carbonyl (C=O) groups excluding carboxylic acids is 2. The lowest BCUT2D eigenvalue weighted by atomic mass is 10.0. The SMILES string of the molecule is CC[C@@H](C(=O)NC(C)(C)C)N(Cc1ccccc1C)C(=O)CN(c1ccccc1)S(=O)(=O)c1ccc(OC)cc1. The Balaban J connectivity index is 2.06. The fraction of sp³-hybridized carbons (Fsp3) is 0.355. The van der Waals surface area contributed by atoms with Crippen molar-refractivity contribution < 1.29 is 22.7 Å². The van der Waals surface area contributed by atoms with Crippen molar-refractivity contribution in [1.29, 1.82) is 0 Å². The summed E-state index contributed by atoms with van der Waals surface area (Å²) in [5.74, 6) is -0.261. The van der Waals surface area contributed by atoms with E-state index in [2.05, 4.69) is 5.32 Å². The molecule has 0 radical (unpaired) electrons. The van der Waals surface area contributed by atoms with E-state index in [1.54, 1.807) is 42.5 Å². The van der Waals surface area contributed by atoms with E-state index >= 15 is 0 Å². The Morgan fingerprint density at radius 1 is 0.925 bits per heavy atom. The van der Waals surface area contributed by atoms with Crippen molar-refractivity contribution >= 4 is 27.5 Å². The standard InChI is InChI=1S/C31H39N3O5S/c1-7-28(30(36)32-31(3,4)5)33(21-24-14-12-11-13-23(24)2)29(35)22-34(25-15-9-8-10-16-25)40(37,38)27-19-17-26(39-6)18-20-27/h8-20,28H,7,21-22H2,1-6H3,(H,32,36)/t28-/m0/s1. The first-order valence-corrected chi connectivity index (χ1v) is 14.7. The van der Waals surface area contributed by atoms with Crippen LogP contribution in [0.2, 0.25) is 0 Å². The Hall–Kier alpha value is -3.85. The number of sulfonamides is 1. The number of rotatable bonds is 11. The van der Waals surface area contributed by atoms with Crippen molar-refractivity contribution in [2.45, 2.75) is 64.1 Å². The number of aryl methyl sites for hydroxylation is 1. The van der Waals surface area contributed by atoms with Gasteiger partial charge in [-0.15, -0.1) is 0 Å². The monoisotopic (exact) mass is 565 g/mol. The minimum absolute atomic E-state index is 0.0212. The van der Waals surface area contributed by atoms with E-state index in [0.29, 0.717) is 17.9 Å². The summed E-state index contributed by atoms with van der Waals surface area (Å²) in [6.07, 6.45) is 0.357. The maximum Gasteiger partial charge on any atom is 0.264 e. The molecule has 0 spiro atoms. The second-order valence-corrected chi connectivity index (χ2v) is 12.5. The van der Waals surface area contributed by atoms with E-state index < -0.39 is 34.1 Å². The predicted molar refractivity (Wildman–Crippen MR) is 158 cm³/mol. The van der Waals surface area contributed by atoms with E-state index in [1.165, 1.54) is 24.1 Å². The molecule has 1 N–H and O–H groups in total. The molecule has 0 fully saturated rings. The molecule has 0 saturated heterocycles. The summed E-state index contributed by atoms with van der Waals surface area (Å²) in [6, 6.07) is 21.4. The van der Waals surface area contributed by atoms with Crippen molar-refractivity contribution in [1.82, 2.24) is 10.2 Å². The summed E-state index contributed by atoms with van der Waals surface area (Å²) in [4.78, 5) is 29.0. The fourth-order valence-electron chi connectivity index (χ4n) is 4.34. The summed E-state index contributed by atoms with van der Waals surface area (Å²) >= 11 is 0. The van der Waals surface area contributed by atoms with Crippen molar-refractivity contribution in [3.63, 3.8) is 0 Å². The zero-order valence-corrected chi connectivity index (χ0v) is 24.9. The van der Waals surface area contributed by atoms with E-state index in [-0.39, 0.29) is 17.3 Å². The van der Waals surface area contributed by atoms with Crippen LogP contribution in [0.1, 0.15) is 45.2 Å². The molecule has 0 bridgehead atoms. The molecule has 0 aliphatic rings. The van der Waals surface area contributed by atoms with Gasteiger partial charge in [0.1, 0.15) is 18.3 Å². The van der Waals surface area contributed by atoms with E-state index in [9.17, 15) is 18.0 Å². The topological polar surface area (TPSA) is 96.0 Å². The molecule has 0 aliphatic heterocycles. The quantitative estimate of drug-likeness (QED) is 0.356. The van der Waals surface area contributed by atoms with Crippen LogP contribution >= 0.6 is 0 Å². The largest absolute Gasteiger partial charge is 0.497 e. The highest BCUT2D eigenvalue weighted by Crippen LogP contribution is 2.26. The summed E-state index contributed by atoms with van der Waals surface area (Å²) in [7, 11) is -2.64. The van der Waals surface area contributed by atoms with Crippen LogP contribution in [0.4, 0.5) is 5.69 Å². The Labute approximate surface area is 238 Å². The van der Waals surface area contributed by atoms with Crippen LogP contribution in [0.3, 0.4) is 0 Å². The number of nitrogens with one attached hydrogen (secondary N) is 1. The number of methoxy groups -OCH3 is 1. The maximum atomic E-state index is 14.1. The first-order valence-electron chi connectivity index (χ1n) is 13.2. The molecule has 3 aromatic carbocycles. The van der Waals surface area contributed by atoms with Gasteiger partial charge in [0.15, 0.2) is 0 Å². The minimum Gasteiger partial charge on any atom is -0.497 e. The molecule has 3 rings (SSSR count). The summed E-state index contributed by atoms with van der Waals surface area (Å²) < 4.78 is 34.1. The van der Waals surface area contributed by atoms with Crippen LogP contribution in [0.5, 0.6) is 5.75 Å². The van der Waals surface area contributed by atoms with Gasteiger partial charge >= 0.3 is 0 Å². The number of hydrogen-bond acceptors (Lipinski definition) is 5. The number of amides is 2. The second kappa shape index (κ2) is 13.0. The molecule has 3 aromatic rings. The third kappa shape index (κ3) is 7.63. The van der Waals surface area contributed by atoms with Crippen molar-refractivity contribution in [2.75, 3.05) is 18.0 Å².